The van der Waals surface area contributed by atoms with Crippen LogP contribution >= 0.6 is 10.4 Å². The quantitative estimate of drug-likeness (QED) is 0.570. The van der Waals surface area contributed by atoms with Crippen molar-refractivity contribution >= 4 is 10.4 Å². The SMILES string of the molecule is CC(C)CCS(F)(CCC(C)C)CCC(C)C.O. The first-order valence-corrected chi connectivity index (χ1v) is 9.25. The van der Waals surface area contributed by atoms with E-state index in [-0.39, 0.29) is 5.48 Å². The van der Waals surface area contributed by atoms with Gasteiger partial charge in [0.05, 0.1) is 0 Å². The summed E-state index contributed by atoms with van der Waals surface area (Å²) in [6.07, 6.45) is 3.17. The Morgan fingerprint density at radius 2 is 0.889 bits per heavy atom. The molecule has 0 fully saturated rings. The molecule has 114 valence electrons. The lowest BCUT2D eigenvalue weighted by Gasteiger charge is -2.33. The molecule has 0 aliphatic rings. The van der Waals surface area contributed by atoms with Crippen LogP contribution in [0.2, 0.25) is 0 Å². The number of rotatable bonds is 9. The third-order valence-corrected chi connectivity index (χ3v) is 6.09. The van der Waals surface area contributed by atoms with E-state index in [0.717, 1.165) is 36.5 Å². The topological polar surface area (TPSA) is 31.5 Å². The second-order valence-electron chi connectivity index (χ2n) is 6.60. The molecule has 3 heteroatoms. The molecule has 0 aromatic heterocycles. The molecule has 0 heterocycles. The summed E-state index contributed by atoms with van der Waals surface area (Å²) < 4.78 is 15.0. The van der Waals surface area contributed by atoms with Gasteiger partial charge in [-0.3, -0.25) is 0 Å². The highest BCUT2D eigenvalue weighted by atomic mass is 32.3. The maximum atomic E-state index is 15.0. The van der Waals surface area contributed by atoms with Crippen molar-refractivity contribution in [2.45, 2.75) is 60.8 Å². The van der Waals surface area contributed by atoms with Crippen LogP contribution in [-0.4, -0.2) is 22.7 Å². The van der Waals surface area contributed by atoms with Crippen molar-refractivity contribution in [2.75, 3.05) is 17.3 Å². The molecule has 0 saturated carbocycles. The molecule has 0 rings (SSSR count). The van der Waals surface area contributed by atoms with Crippen molar-refractivity contribution in [3.8, 4) is 0 Å². The predicted molar refractivity (Wildman–Crippen MR) is 85.3 cm³/mol. The van der Waals surface area contributed by atoms with Gasteiger partial charge in [0, 0.05) is 17.3 Å². The van der Waals surface area contributed by atoms with Gasteiger partial charge >= 0.3 is 0 Å². The molecule has 0 amide bonds. The Morgan fingerprint density at radius 1 is 0.667 bits per heavy atom. The van der Waals surface area contributed by atoms with Crippen LogP contribution in [0.1, 0.15) is 60.8 Å². The van der Waals surface area contributed by atoms with Gasteiger partial charge in [0.25, 0.3) is 0 Å². The molecule has 0 unspecified atom stereocenters. The van der Waals surface area contributed by atoms with E-state index in [1.165, 1.54) is 0 Å². The third-order valence-electron chi connectivity index (χ3n) is 3.18. The summed E-state index contributed by atoms with van der Waals surface area (Å²) in [5.41, 5.74) is 0. The van der Waals surface area contributed by atoms with Crippen molar-refractivity contribution in [3.05, 3.63) is 0 Å². The van der Waals surface area contributed by atoms with Crippen LogP contribution in [0.3, 0.4) is 0 Å². The summed E-state index contributed by atoms with van der Waals surface area (Å²) in [6, 6.07) is 0. The first-order valence-electron chi connectivity index (χ1n) is 7.21. The average molecular weight is 283 g/mol. The predicted octanol–water partition coefficient (Wildman–Crippen LogP) is 4.99. The van der Waals surface area contributed by atoms with E-state index in [4.69, 9.17) is 0 Å². The molecule has 0 radical (unpaired) electrons. The summed E-state index contributed by atoms with van der Waals surface area (Å²) >= 11 is 0. The van der Waals surface area contributed by atoms with Crippen LogP contribution in [0, 0.1) is 17.8 Å². The molecule has 0 aliphatic carbocycles. The van der Waals surface area contributed by atoms with Crippen LogP contribution in [0.15, 0.2) is 0 Å². The lowest BCUT2D eigenvalue weighted by Crippen LogP contribution is -2.13. The molecule has 0 aromatic rings. The maximum absolute atomic E-state index is 15.0. The third kappa shape index (κ3) is 11.3. The monoisotopic (exact) mass is 282 g/mol. The van der Waals surface area contributed by atoms with Gasteiger partial charge in [0.1, 0.15) is 0 Å². The molecule has 2 N–H and O–H groups in total. The van der Waals surface area contributed by atoms with Crippen molar-refractivity contribution < 1.29 is 9.36 Å². The van der Waals surface area contributed by atoms with Crippen LogP contribution in [0.4, 0.5) is 3.89 Å². The van der Waals surface area contributed by atoms with Gasteiger partial charge < -0.3 is 5.48 Å². The largest absolute Gasteiger partial charge is 0.412 e. The molecule has 0 spiro atoms. The fourth-order valence-electron chi connectivity index (χ4n) is 1.65. The van der Waals surface area contributed by atoms with E-state index in [1.807, 2.05) is 0 Å². The Morgan fingerprint density at radius 3 is 1.06 bits per heavy atom. The van der Waals surface area contributed by atoms with E-state index < -0.39 is 10.4 Å². The van der Waals surface area contributed by atoms with Crippen molar-refractivity contribution in [2.24, 2.45) is 17.8 Å². The van der Waals surface area contributed by atoms with E-state index >= 15 is 0 Å². The zero-order chi connectivity index (χ0) is 13.5. The highest BCUT2D eigenvalue weighted by molar-refractivity contribution is 8.29. The smallest absolute Gasteiger partial charge is 0.00381 e. The van der Waals surface area contributed by atoms with Crippen molar-refractivity contribution in [3.63, 3.8) is 0 Å². The Hall–Kier alpha value is 0.240. The number of halogens is 1. The summed E-state index contributed by atoms with van der Waals surface area (Å²) in [5.74, 6) is 4.42. The van der Waals surface area contributed by atoms with Crippen LogP contribution in [0.5, 0.6) is 0 Å². The van der Waals surface area contributed by atoms with Gasteiger partial charge in [-0.1, -0.05) is 52.0 Å². The molecular formula is C15H35FOS. The molecular weight excluding hydrogens is 247 g/mol. The van der Waals surface area contributed by atoms with Gasteiger partial charge in [-0.15, -0.1) is 0 Å². The van der Waals surface area contributed by atoms with E-state index in [9.17, 15) is 3.89 Å². The number of hydrogen-bond donors (Lipinski definition) is 0. The summed E-state index contributed by atoms with van der Waals surface area (Å²) in [7, 11) is -1.82. The minimum atomic E-state index is -1.82. The Bertz CT molecular complexity index is 162. The summed E-state index contributed by atoms with van der Waals surface area (Å²) in [5, 5.41) is 0. The van der Waals surface area contributed by atoms with Crippen molar-refractivity contribution in [1.82, 2.24) is 0 Å². The zero-order valence-corrected chi connectivity index (χ0v) is 14.1. The second-order valence-corrected chi connectivity index (χ2v) is 9.70. The van der Waals surface area contributed by atoms with Crippen LogP contribution in [0.25, 0.3) is 0 Å². The maximum Gasteiger partial charge on any atom is 0.00381 e. The van der Waals surface area contributed by atoms with E-state index in [2.05, 4.69) is 41.5 Å². The normalized spacial score (nSPS) is 13.2. The first kappa shape index (κ1) is 20.6. The molecule has 1 nitrogen and oxygen atoms in total. The van der Waals surface area contributed by atoms with Gasteiger partial charge in [0.2, 0.25) is 0 Å². The lowest BCUT2D eigenvalue weighted by molar-refractivity contribution is 0.597. The first-order chi connectivity index (χ1) is 7.75. The Kier molecular flexibility index (Phi) is 11.5. The van der Waals surface area contributed by atoms with Crippen molar-refractivity contribution in [1.29, 1.82) is 0 Å². The minimum absolute atomic E-state index is 0. The van der Waals surface area contributed by atoms with E-state index in [0.29, 0.717) is 17.8 Å². The highest BCUT2D eigenvalue weighted by Gasteiger charge is 2.23. The second kappa shape index (κ2) is 10.1. The number of hydrogen-bond acceptors (Lipinski definition) is 0. The molecule has 0 aliphatic heterocycles. The zero-order valence-electron chi connectivity index (χ0n) is 13.3. The Labute approximate surface area is 116 Å². The molecule has 0 saturated heterocycles. The highest BCUT2D eigenvalue weighted by Crippen LogP contribution is 2.52. The average Bonchev–Trinajstić information content (AvgIpc) is 2.21. The minimum Gasteiger partial charge on any atom is -0.412 e. The Balaban J connectivity index is 0. The molecule has 0 aromatic carbocycles. The van der Waals surface area contributed by atoms with Crippen LogP contribution < -0.4 is 0 Å². The van der Waals surface area contributed by atoms with Gasteiger partial charge in [-0.25, -0.2) is 0 Å². The van der Waals surface area contributed by atoms with Gasteiger partial charge in [0.15, 0.2) is 0 Å². The molecule has 0 bridgehead atoms. The standard InChI is InChI=1S/C15H33FS.H2O/c1-13(2)7-10-17(16,11-8-14(3)4)12-9-15(5)6;/h13-15H,7-12H2,1-6H3;1H2. The fourth-order valence-corrected chi connectivity index (χ4v) is 4.94. The van der Waals surface area contributed by atoms with Gasteiger partial charge in [-0.05, 0) is 37.0 Å². The summed E-state index contributed by atoms with van der Waals surface area (Å²) in [4.78, 5) is 0. The molecule has 0 atom stereocenters. The molecule has 18 heavy (non-hydrogen) atoms. The van der Waals surface area contributed by atoms with Crippen LogP contribution in [-0.2, 0) is 0 Å². The fraction of sp³-hybridized carbons (Fsp3) is 1.00. The lowest BCUT2D eigenvalue weighted by atomic mass is 10.2. The van der Waals surface area contributed by atoms with Gasteiger partial charge in [-0.2, -0.15) is 3.89 Å². The van der Waals surface area contributed by atoms with E-state index in [1.54, 1.807) is 0 Å². The summed E-state index contributed by atoms with van der Waals surface area (Å²) in [6.45, 7) is 13.2.